The topological polar surface area (TPSA) is 13.0 Å². The summed E-state index contributed by atoms with van der Waals surface area (Å²) in [6, 6.07) is 90.6. The Bertz CT molecular complexity index is 3860. The lowest BCUT2D eigenvalue weighted by atomic mass is 9.32. The van der Waals surface area contributed by atoms with Gasteiger partial charge in [-0.2, -0.15) is 0 Å². The van der Waals surface area contributed by atoms with E-state index in [0.29, 0.717) is 0 Å². The van der Waals surface area contributed by atoms with E-state index in [0.717, 1.165) is 22.7 Å². The minimum atomic E-state index is -0.00295. The van der Waals surface area contributed by atoms with Crippen molar-refractivity contribution in [1.82, 2.24) is 0 Å². The number of fused-ring (bicyclic) bond motifs is 8. The van der Waals surface area contributed by atoms with E-state index in [1.807, 2.05) is 23.5 Å². The Morgan fingerprint density at radius 3 is 1.00 bits per heavy atom. The van der Waals surface area contributed by atoms with Crippen LogP contribution < -0.4 is 52.4 Å². The molecule has 4 nitrogen and oxygen atoms in total. The highest BCUT2D eigenvalue weighted by atomic mass is 32.2. The summed E-state index contributed by atoms with van der Waals surface area (Å²) in [5, 5.41) is 0. The van der Waals surface area contributed by atoms with Crippen LogP contribution in [0.2, 0.25) is 0 Å². The second-order valence-electron chi connectivity index (χ2n) is 21.0. The summed E-state index contributed by atoms with van der Waals surface area (Å²) < 4.78 is 0. The summed E-state index contributed by atoms with van der Waals surface area (Å²) in [6.45, 7) is 8.92. The predicted octanol–water partition coefficient (Wildman–Crippen LogP) is 15.4. The van der Waals surface area contributed by atoms with Crippen molar-refractivity contribution in [2.24, 2.45) is 0 Å². The SMILES string of the molecule is Cc1ccccc1N(c1cc2c3c(c1)N(c1ccccc1)c1ccccc1B3c1cc3c(cc1S2)Sc1cc(N(c2ccccc2C)c2ccccc2C)cc2c1B3c1ccccc1N2c1ccccc1)c1ccccc1C. The summed E-state index contributed by atoms with van der Waals surface area (Å²) >= 11 is 3.88. The fourth-order valence-corrected chi connectivity index (χ4v) is 15.4. The van der Waals surface area contributed by atoms with Crippen molar-refractivity contribution in [3.8, 4) is 0 Å². The number of hydrogen-bond donors (Lipinski definition) is 0. The normalized spacial score (nSPS) is 13.2. The molecule has 0 N–H and O–H groups in total. The zero-order valence-corrected chi connectivity index (χ0v) is 45.5. The Balaban J connectivity index is 0.977. The standard InChI is InChI=1S/C70H52B2N4S2/c1-45-23-11-17-33-57(45)75(58-34-18-12-24-46(58)2)51-39-63-69-67(41-51)77-65-44-66-56(43-55(65)71(69)53-31-15-21-37-61(53)73(63)49-27-7-5-8-28-49)72-54-32-16-22-38-62(54)74(50-29-9-6-10-30-50)64-40-52(42-68(78-66)70(64)72)76(59-35-19-13-25-47(59)3)60-36-20-14-26-48(60)4/h5-44H,1-4H3. The van der Waals surface area contributed by atoms with Gasteiger partial charge in [0, 0.05) is 87.8 Å². The molecule has 15 rings (SSSR count). The maximum Gasteiger partial charge on any atom is 0.249 e. The van der Waals surface area contributed by atoms with E-state index in [2.05, 4.69) is 290 Å². The number of aryl methyl sites for hydroxylation is 4. The fraction of sp³-hybridized carbons (Fsp3) is 0.0571. The molecule has 4 aliphatic heterocycles. The minimum absolute atomic E-state index is 0.00295. The average Bonchev–Trinajstić information content (AvgIpc) is 3.45. The lowest BCUT2D eigenvalue weighted by Crippen LogP contribution is -2.63. The lowest BCUT2D eigenvalue weighted by Gasteiger charge is -2.43. The Morgan fingerprint density at radius 1 is 0.295 bits per heavy atom. The quantitative estimate of drug-likeness (QED) is 0.140. The van der Waals surface area contributed by atoms with Gasteiger partial charge in [0.25, 0.3) is 0 Å². The summed E-state index contributed by atoms with van der Waals surface area (Å²) in [5.74, 6) is 0. The van der Waals surface area contributed by atoms with E-state index in [-0.39, 0.29) is 13.4 Å². The number of nitrogens with zero attached hydrogens (tertiary/aromatic N) is 4. The fourth-order valence-electron chi connectivity index (χ4n) is 12.9. The summed E-state index contributed by atoms with van der Waals surface area (Å²) in [7, 11) is 0. The van der Waals surface area contributed by atoms with Gasteiger partial charge in [0.2, 0.25) is 13.4 Å². The van der Waals surface area contributed by atoms with Crippen molar-refractivity contribution in [3.05, 3.63) is 265 Å². The molecule has 8 heteroatoms. The van der Waals surface area contributed by atoms with Crippen LogP contribution in [0.3, 0.4) is 0 Å². The molecule has 0 bridgehead atoms. The van der Waals surface area contributed by atoms with Crippen LogP contribution in [0.4, 0.5) is 68.2 Å². The van der Waals surface area contributed by atoms with Gasteiger partial charge in [-0.1, -0.05) is 186 Å². The third-order valence-corrected chi connectivity index (χ3v) is 18.7. The van der Waals surface area contributed by atoms with Gasteiger partial charge >= 0.3 is 0 Å². The van der Waals surface area contributed by atoms with Crippen LogP contribution in [0.25, 0.3) is 0 Å². The molecule has 0 aromatic heterocycles. The molecular formula is C70H52B2N4S2. The van der Waals surface area contributed by atoms with Crippen LogP contribution in [0.5, 0.6) is 0 Å². The largest absolute Gasteiger partial charge is 0.311 e. The minimum Gasteiger partial charge on any atom is -0.311 e. The molecule has 78 heavy (non-hydrogen) atoms. The van der Waals surface area contributed by atoms with Crippen LogP contribution >= 0.6 is 23.5 Å². The van der Waals surface area contributed by atoms with Crippen molar-refractivity contribution >= 4 is 138 Å². The maximum atomic E-state index is 2.63. The second kappa shape index (κ2) is 18.6. The van der Waals surface area contributed by atoms with Gasteiger partial charge in [0.05, 0.1) is 0 Å². The molecule has 11 aromatic rings. The van der Waals surface area contributed by atoms with E-state index in [4.69, 9.17) is 0 Å². The van der Waals surface area contributed by atoms with Crippen LogP contribution in [0.1, 0.15) is 22.3 Å². The van der Waals surface area contributed by atoms with Crippen LogP contribution in [-0.2, 0) is 0 Å². The van der Waals surface area contributed by atoms with Crippen molar-refractivity contribution in [2.45, 2.75) is 47.3 Å². The van der Waals surface area contributed by atoms with E-state index in [1.54, 1.807) is 0 Å². The van der Waals surface area contributed by atoms with Crippen LogP contribution in [0.15, 0.2) is 262 Å². The van der Waals surface area contributed by atoms with Gasteiger partial charge in [-0.05, 0) is 163 Å². The van der Waals surface area contributed by atoms with Crippen molar-refractivity contribution in [3.63, 3.8) is 0 Å². The smallest absolute Gasteiger partial charge is 0.249 e. The molecular weight excluding hydrogens is 983 g/mol. The molecule has 0 atom stereocenters. The zero-order chi connectivity index (χ0) is 52.2. The van der Waals surface area contributed by atoms with Gasteiger partial charge in [0.1, 0.15) is 0 Å². The molecule has 0 amide bonds. The van der Waals surface area contributed by atoms with E-state index >= 15 is 0 Å². The number of anilines is 12. The third kappa shape index (κ3) is 7.34. The molecule has 0 fully saturated rings. The number of para-hydroxylation sites is 8. The van der Waals surface area contributed by atoms with Gasteiger partial charge in [-0.15, -0.1) is 0 Å². The first-order chi connectivity index (χ1) is 38.4. The van der Waals surface area contributed by atoms with Crippen molar-refractivity contribution < 1.29 is 0 Å². The van der Waals surface area contributed by atoms with Crippen molar-refractivity contribution in [1.29, 1.82) is 0 Å². The Hall–Kier alpha value is -8.55. The van der Waals surface area contributed by atoms with Crippen molar-refractivity contribution in [2.75, 3.05) is 19.6 Å². The second-order valence-corrected chi connectivity index (χ2v) is 23.2. The number of hydrogen-bond acceptors (Lipinski definition) is 6. The van der Waals surface area contributed by atoms with E-state index < -0.39 is 0 Å². The Morgan fingerprint density at radius 2 is 0.628 bits per heavy atom. The molecule has 0 aliphatic carbocycles. The molecule has 0 radical (unpaired) electrons. The summed E-state index contributed by atoms with van der Waals surface area (Å²) in [4.78, 5) is 15.2. The molecule has 0 saturated heterocycles. The Labute approximate surface area is 466 Å². The first kappa shape index (κ1) is 46.7. The van der Waals surface area contributed by atoms with Gasteiger partial charge in [-0.3, -0.25) is 0 Å². The molecule has 0 spiro atoms. The first-order valence-electron chi connectivity index (χ1n) is 27.0. The lowest BCUT2D eigenvalue weighted by molar-refractivity contribution is 1.20. The number of benzene rings is 11. The van der Waals surface area contributed by atoms with E-state index in [9.17, 15) is 0 Å². The molecule has 11 aromatic carbocycles. The van der Waals surface area contributed by atoms with Gasteiger partial charge < -0.3 is 19.6 Å². The zero-order valence-electron chi connectivity index (χ0n) is 43.9. The third-order valence-electron chi connectivity index (χ3n) is 16.4. The monoisotopic (exact) mass is 1030 g/mol. The Kier molecular flexibility index (Phi) is 11.1. The number of rotatable bonds is 8. The van der Waals surface area contributed by atoms with E-state index in [1.165, 1.54) is 120 Å². The predicted molar refractivity (Wildman–Crippen MR) is 335 cm³/mol. The molecule has 0 saturated carbocycles. The molecule has 4 heterocycles. The summed E-state index contributed by atoms with van der Waals surface area (Å²) in [6.07, 6.45) is 0. The van der Waals surface area contributed by atoms with Crippen LogP contribution in [0, 0.1) is 27.7 Å². The highest BCUT2D eigenvalue weighted by Gasteiger charge is 2.46. The first-order valence-corrected chi connectivity index (χ1v) is 28.6. The van der Waals surface area contributed by atoms with Crippen LogP contribution in [-0.4, -0.2) is 13.4 Å². The molecule has 4 aliphatic rings. The van der Waals surface area contributed by atoms with Gasteiger partial charge in [0.15, 0.2) is 0 Å². The molecule has 370 valence electrons. The molecule has 0 unspecified atom stereocenters. The van der Waals surface area contributed by atoms with Gasteiger partial charge in [-0.25, -0.2) is 0 Å². The average molecular weight is 1030 g/mol. The highest BCUT2D eigenvalue weighted by molar-refractivity contribution is 8.01. The summed E-state index contributed by atoms with van der Waals surface area (Å²) in [5.41, 5.74) is 27.1. The maximum absolute atomic E-state index is 2.63. The highest BCUT2D eigenvalue weighted by Crippen LogP contribution is 2.50.